The zero-order valence-corrected chi connectivity index (χ0v) is 19.6. The molecule has 5 aromatic rings. The van der Waals surface area contributed by atoms with Crippen LogP contribution >= 0.6 is 0 Å². The molecule has 1 N–H and O–H groups in total. The van der Waals surface area contributed by atoms with Crippen molar-refractivity contribution in [3.8, 4) is 17.2 Å². The Bertz CT molecular complexity index is 1560. The Kier molecular flexibility index (Phi) is 6.15. The summed E-state index contributed by atoms with van der Waals surface area (Å²) in [5.41, 5.74) is 1.03. The van der Waals surface area contributed by atoms with Crippen LogP contribution in [0.5, 0.6) is 11.5 Å². The molecule has 0 amide bonds. The van der Waals surface area contributed by atoms with Crippen LogP contribution in [-0.2, 0) is 12.8 Å². The van der Waals surface area contributed by atoms with Gasteiger partial charge in [0, 0.05) is 24.1 Å². The summed E-state index contributed by atoms with van der Waals surface area (Å²) in [6, 6.07) is 11.5. The van der Waals surface area contributed by atoms with Gasteiger partial charge in [-0.2, -0.15) is 18.3 Å². The number of nitrogens with zero attached hydrogens (tertiary/aromatic N) is 5. The predicted octanol–water partition coefficient (Wildman–Crippen LogP) is 5.71. The first kappa shape index (κ1) is 24.1. The molecule has 0 bridgehead atoms. The van der Waals surface area contributed by atoms with Gasteiger partial charge in [0.2, 0.25) is 0 Å². The van der Waals surface area contributed by atoms with E-state index in [1.54, 1.807) is 29.8 Å². The van der Waals surface area contributed by atoms with Gasteiger partial charge in [-0.3, -0.25) is 0 Å². The maximum atomic E-state index is 13.7. The molecule has 0 aliphatic carbocycles. The van der Waals surface area contributed by atoms with Crippen molar-refractivity contribution in [3.05, 3.63) is 90.2 Å². The molecule has 0 saturated heterocycles. The van der Waals surface area contributed by atoms with Crippen LogP contribution in [0.25, 0.3) is 11.3 Å². The molecule has 37 heavy (non-hydrogen) atoms. The van der Waals surface area contributed by atoms with E-state index >= 15 is 0 Å². The van der Waals surface area contributed by atoms with Crippen LogP contribution in [0.4, 0.5) is 28.9 Å². The van der Waals surface area contributed by atoms with Crippen molar-refractivity contribution >= 4 is 17.0 Å². The summed E-state index contributed by atoms with van der Waals surface area (Å²) in [4.78, 5) is 8.56. The molecule has 0 aliphatic heterocycles. The van der Waals surface area contributed by atoms with E-state index < -0.39 is 17.6 Å². The SMILES string of the molecule is COc1cc(Nc2cc(C(F)(F)F)cn3cc(COc4ccc(F)cc4)nc23)ccc1-n1cnc(C)n1. The number of nitrogens with one attached hydrogen (secondary N) is 1. The molecule has 0 aliphatic rings. The topological polar surface area (TPSA) is 78.5 Å². The fourth-order valence-electron chi connectivity index (χ4n) is 3.72. The normalized spacial score (nSPS) is 11.6. The second-order valence-electron chi connectivity index (χ2n) is 8.09. The van der Waals surface area contributed by atoms with Crippen molar-refractivity contribution < 1.29 is 27.0 Å². The number of hydrogen-bond donors (Lipinski definition) is 1. The van der Waals surface area contributed by atoms with E-state index in [1.807, 2.05) is 0 Å². The predicted molar refractivity (Wildman–Crippen MR) is 127 cm³/mol. The lowest BCUT2D eigenvalue weighted by molar-refractivity contribution is -0.137. The molecule has 0 spiro atoms. The number of anilines is 2. The van der Waals surface area contributed by atoms with Crippen molar-refractivity contribution in [1.82, 2.24) is 24.1 Å². The molecule has 5 rings (SSSR count). The van der Waals surface area contributed by atoms with Crippen molar-refractivity contribution in [3.63, 3.8) is 0 Å². The molecule has 0 atom stereocenters. The molecule has 0 unspecified atom stereocenters. The third-order valence-corrected chi connectivity index (χ3v) is 5.44. The Balaban J connectivity index is 1.48. The van der Waals surface area contributed by atoms with Crippen LogP contribution in [0.1, 0.15) is 17.1 Å². The van der Waals surface area contributed by atoms with Gasteiger partial charge in [0.05, 0.1) is 24.1 Å². The molecule has 2 aromatic carbocycles. The number of imidazole rings is 1. The molecular formula is C25H20F4N6O2. The maximum Gasteiger partial charge on any atom is 0.417 e. The average molecular weight is 512 g/mol. The highest BCUT2D eigenvalue weighted by Gasteiger charge is 2.32. The number of rotatable bonds is 7. The average Bonchev–Trinajstić information content (AvgIpc) is 3.49. The van der Waals surface area contributed by atoms with Crippen LogP contribution in [-0.4, -0.2) is 31.3 Å². The van der Waals surface area contributed by atoms with Crippen LogP contribution in [0, 0.1) is 12.7 Å². The Labute approximate surface area is 208 Å². The van der Waals surface area contributed by atoms with Crippen molar-refractivity contribution in [2.45, 2.75) is 19.7 Å². The third kappa shape index (κ3) is 5.17. The quantitative estimate of drug-likeness (QED) is 0.282. The number of fused-ring (bicyclic) bond motifs is 1. The third-order valence-electron chi connectivity index (χ3n) is 5.44. The van der Waals surface area contributed by atoms with E-state index in [9.17, 15) is 17.6 Å². The first-order chi connectivity index (χ1) is 17.7. The molecule has 190 valence electrons. The van der Waals surface area contributed by atoms with Crippen LogP contribution in [0.3, 0.4) is 0 Å². The van der Waals surface area contributed by atoms with E-state index in [0.717, 1.165) is 12.3 Å². The minimum absolute atomic E-state index is 0.0199. The highest BCUT2D eigenvalue weighted by Crippen LogP contribution is 2.35. The standard InChI is InChI=1S/C25H20F4N6O2/c1-15-30-14-35(33-15)22-8-5-18(10-23(22)36-2)31-21-9-16(25(27,28)29)11-34-12-19(32-24(21)34)13-37-20-6-3-17(26)4-7-20/h3-12,14,31H,13H2,1-2H3. The second kappa shape index (κ2) is 9.45. The summed E-state index contributed by atoms with van der Waals surface area (Å²) in [5, 5.41) is 7.29. The van der Waals surface area contributed by atoms with Crippen LogP contribution in [0.2, 0.25) is 0 Å². The molecule has 0 radical (unpaired) electrons. The number of alkyl halides is 3. The maximum absolute atomic E-state index is 13.7. The first-order valence-electron chi connectivity index (χ1n) is 11.0. The Hall–Kier alpha value is -4.61. The number of aromatic nitrogens is 5. The minimum Gasteiger partial charge on any atom is -0.494 e. The molecule has 0 fully saturated rings. The van der Waals surface area contributed by atoms with Crippen LogP contribution < -0.4 is 14.8 Å². The van der Waals surface area contributed by atoms with Crippen molar-refractivity contribution in [2.75, 3.05) is 12.4 Å². The number of aryl methyl sites for hydroxylation is 1. The summed E-state index contributed by atoms with van der Waals surface area (Å²) in [5.74, 6) is 1.02. The number of benzene rings is 2. The molecule has 3 aromatic heterocycles. The number of hydrogen-bond acceptors (Lipinski definition) is 6. The smallest absolute Gasteiger partial charge is 0.417 e. The summed E-state index contributed by atoms with van der Waals surface area (Å²) < 4.78 is 68.0. The Morgan fingerprint density at radius 2 is 1.81 bits per heavy atom. The number of methoxy groups -OCH3 is 1. The summed E-state index contributed by atoms with van der Waals surface area (Å²) in [6.07, 6.45) is -0.621. The lowest BCUT2D eigenvalue weighted by Gasteiger charge is -2.14. The van der Waals surface area contributed by atoms with Gasteiger partial charge < -0.3 is 19.2 Å². The summed E-state index contributed by atoms with van der Waals surface area (Å²) >= 11 is 0. The van der Waals surface area contributed by atoms with Crippen molar-refractivity contribution in [1.29, 1.82) is 0 Å². The zero-order valence-electron chi connectivity index (χ0n) is 19.6. The van der Waals surface area contributed by atoms with Crippen molar-refractivity contribution in [2.24, 2.45) is 0 Å². The van der Waals surface area contributed by atoms with E-state index in [4.69, 9.17) is 9.47 Å². The lowest BCUT2D eigenvalue weighted by atomic mass is 10.2. The minimum atomic E-state index is -4.58. The highest BCUT2D eigenvalue weighted by molar-refractivity contribution is 5.76. The van der Waals surface area contributed by atoms with Gasteiger partial charge >= 0.3 is 6.18 Å². The van der Waals surface area contributed by atoms with Crippen LogP contribution in [0.15, 0.2) is 67.3 Å². The first-order valence-corrected chi connectivity index (χ1v) is 11.0. The monoisotopic (exact) mass is 512 g/mol. The molecule has 0 saturated carbocycles. The van der Waals surface area contributed by atoms with E-state index in [1.165, 1.54) is 48.3 Å². The van der Waals surface area contributed by atoms with Gasteiger partial charge in [-0.1, -0.05) is 0 Å². The van der Waals surface area contributed by atoms with Gasteiger partial charge in [-0.15, -0.1) is 0 Å². The number of ether oxygens (including phenoxy) is 2. The molecule has 12 heteroatoms. The van der Waals surface area contributed by atoms with Gasteiger partial charge in [0.1, 0.15) is 41.8 Å². The molecule has 8 nitrogen and oxygen atoms in total. The van der Waals surface area contributed by atoms with Gasteiger partial charge in [-0.25, -0.2) is 19.0 Å². The number of pyridine rings is 1. The summed E-state index contributed by atoms with van der Waals surface area (Å²) in [6.45, 7) is 1.73. The zero-order chi connectivity index (χ0) is 26.2. The molecular weight excluding hydrogens is 492 g/mol. The fourth-order valence-corrected chi connectivity index (χ4v) is 3.72. The molecule has 3 heterocycles. The fraction of sp³-hybridized carbons (Fsp3) is 0.160. The highest BCUT2D eigenvalue weighted by atomic mass is 19.4. The van der Waals surface area contributed by atoms with Gasteiger partial charge in [-0.05, 0) is 49.4 Å². The Morgan fingerprint density at radius 3 is 2.49 bits per heavy atom. The van der Waals surface area contributed by atoms with E-state index in [0.29, 0.717) is 34.4 Å². The van der Waals surface area contributed by atoms with Gasteiger partial charge in [0.25, 0.3) is 0 Å². The summed E-state index contributed by atoms with van der Waals surface area (Å²) in [7, 11) is 1.48. The van der Waals surface area contributed by atoms with E-state index in [2.05, 4.69) is 20.4 Å². The Morgan fingerprint density at radius 1 is 1.03 bits per heavy atom. The largest absolute Gasteiger partial charge is 0.494 e. The van der Waals surface area contributed by atoms with E-state index in [-0.39, 0.29) is 17.9 Å². The van der Waals surface area contributed by atoms with Gasteiger partial charge in [0.15, 0.2) is 5.65 Å². The number of halogens is 4. The second-order valence-corrected chi connectivity index (χ2v) is 8.09. The lowest BCUT2D eigenvalue weighted by Crippen LogP contribution is -2.08.